The van der Waals surface area contributed by atoms with Gasteiger partial charge < -0.3 is 5.11 Å². The van der Waals surface area contributed by atoms with Crippen LogP contribution in [0.25, 0.3) is 0 Å². The van der Waals surface area contributed by atoms with Gasteiger partial charge in [0.05, 0.1) is 4.47 Å². The lowest BCUT2D eigenvalue weighted by atomic mass is 10.3. The van der Waals surface area contributed by atoms with Gasteiger partial charge in [-0.25, -0.2) is 0 Å². The average Bonchev–Trinajstić information content (AvgIpc) is 1.80. The van der Waals surface area contributed by atoms with Gasteiger partial charge in [0.1, 0.15) is 5.75 Å². The van der Waals surface area contributed by atoms with Gasteiger partial charge in [-0.05, 0) is 28.1 Å². The van der Waals surface area contributed by atoms with Crippen molar-refractivity contribution < 1.29 is 5.11 Å². The van der Waals surface area contributed by atoms with E-state index < -0.39 is 0 Å². The standard InChI is InChI=1S/C6H3Br2O/c7-4-1-2-6(9)5(8)3-4/h2-3,9H. The fourth-order valence-corrected chi connectivity index (χ4v) is 1.43. The molecule has 0 fully saturated rings. The summed E-state index contributed by atoms with van der Waals surface area (Å²) in [4.78, 5) is 0. The lowest BCUT2D eigenvalue weighted by molar-refractivity contribution is 0.471. The van der Waals surface area contributed by atoms with Gasteiger partial charge in [-0.2, -0.15) is 0 Å². The molecule has 3 heteroatoms. The molecule has 0 aliphatic rings. The zero-order chi connectivity index (χ0) is 6.85. The van der Waals surface area contributed by atoms with E-state index in [1.54, 1.807) is 6.07 Å². The second kappa shape index (κ2) is 2.71. The highest BCUT2D eigenvalue weighted by atomic mass is 79.9. The summed E-state index contributed by atoms with van der Waals surface area (Å²) in [5.41, 5.74) is 0. The Hall–Kier alpha value is -0.0200. The average molecular weight is 251 g/mol. The first kappa shape index (κ1) is 7.09. The van der Waals surface area contributed by atoms with Crippen molar-refractivity contribution in [2.24, 2.45) is 0 Å². The minimum absolute atomic E-state index is 0.207. The third kappa shape index (κ3) is 1.69. The summed E-state index contributed by atoms with van der Waals surface area (Å²) >= 11 is 6.35. The van der Waals surface area contributed by atoms with E-state index in [1.807, 2.05) is 0 Å². The molecule has 0 aliphatic heterocycles. The summed E-state index contributed by atoms with van der Waals surface area (Å²) in [5, 5.41) is 8.94. The number of phenols is 1. The molecule has 0 atom stereocenters. The Morgan fingerprint density at radius 3 is 2.56 bits per heavy atom. The van der Waals surface area contributed by atoms with Crippen LogP contribution < -0.4 is 0 Å². The lowest BCUT2D eigenvalue weighted by Gasteiger charge is -1.93. The Labute approximate surface area is 70.0 Å². The SMILES string of the molecule is Oc1c[c]c(Br)cc1Br. The molecule has 0 amide bonds. The molecule has 0 saturated carbocycles. The molecule has 0 unspecified atom stereocenters. The van der Waals surface area contributed by atoms with Gasteiger partial charge in [-0.15, -0.1) is 0 Å². The number of phenolic OH excluding ortho intramolecular Hbond substituents is 1. The topological polar surface area (TPSA) is 20.2 Å². The van der Waals surface area contributed by atoms with Crippen molar-refractivity contribution in [2.45, 2.75) is 0 Å². The number of aromatic hydroxyl groups is 1. The van der Waals surface area contributed by atoms with E-state index in [-0.39, 0.29) is 5.75 Å². The molecule has 1 nitrogen and oxygen atoms in total. The van der Waals surface area contributed by atoms with Gasteiger partial charge in [0.15, 0.2) is 0 Å². The quantitative estimate of drug-likeness (QED) is 0.751. The van der Waals surface area contributed by atoms with E-state index in [2.05, 4.69) is 37.9 Å². The van der Waals surface area contributed by atoms with E-state index in [0.29, 0.717) is 4.47 Å². The number of benzene rings is 1. The first-order valence-corrected chi connectivity index (χ1v) is 3.84. The molecule has 0 bridgehead atoms. The molecule has 0 aromatic heterocycles. The molecule has 1 radical (unpaired) electrons. The van der Waals surface area contributed by atoms with Crippen molar-refractivity contribution in [3.63, 3.8) is 0 Å². The Bertz CT molecular complexity index is 222. The molecule has 1 aromatic rings. The monoisotopic (exact) mass is 249 g/mol. The van der Waals surface area contributed by atoms with Gasteiger partial charge in [-0.3, -0.25) is 0 Å². The van der Waals surface area contributed by atoms with E-state index in [4.69, 9.17) is 5.11 Å². The van der Waals surface area contributed by atoms with E-state index in [1.165, 1.54) is 6.07 Å². The van der Waals surface area contributed by atoms with Crippen LogP contribution in [0.1, 0.15) is 0 Å². The summed E-state index contributed by atoms with van der Waals surface area (Å²) in [6.45, 7) is 0. The highest BCUT2D eigenvalue weighted by molar-refractivity contribution is 9.11. The number of hydrogen-bond donors (Lipinski definition) is 1. The van der Waals surface area contributed by atoms with Crippen LogP contribution >= 0.6 is 31.9 Å². The number of rotatable bonds is 0. The third-order valence-corrected chi connectivity index (χ3v) is 1.94. The summed E-state index contributed by atoms with van der Waals surface area (Å²) < 4.78 is 1.50. The minimum atomic E-state index is 0.207. The zero-order valence-corrected chi connectivity index (χ0v) is 7.53. The van der Waals surface area contributed by atoms with Crippen LogP contribution in [-0.2, 0) is 0 Å². The van der Waals surface area contributed by atoms with Crippen LogP contribution in [0.2, 0.25) is 0 Å². The second-order valence-electron chi connectivity index (χ2n) is 1.51. The minimum Gasteiger partial charge on any atom is -0.507 e. The van der Waals surface area contributed by atoms with E-state index >= 15 is 0 Å². The molecule has 1 N–H and O–H groups in total. The van der Waals surface area contributed by atoms with Crippen molar-refractivity contribution in [1.29, 1.82) is 0 Å². The van der Waals surface area contributed by atoms with Gasteiger partial charge in [0, 0.05) is 10.5 Å². The molecular formula is C6H3Br2O. The predicted molar refractivity (Wildman–Crippen MR) is 42.3 cm³/mol. The zero-order valence-electron chi connectivity index (χ0n) is 4.36. The van der Waals surface area contributed by atoms with Crippen LogP contribution in [0, 0.1) is 6.07 Å². The number of halogens is 2. The van der Waals surface area contributed by atoms with Crippen LogP contribution in [0.5, 0.6) is 5.75 Å². The largest absolute Gasteiger partial charge is 0.507 e. The van der Waals surface area contributed by atoms with Crippen molar-refractivity contribution in [1.82, 2.24) is 0 Å². The highest BCUT2D eigenvalue weighted by Gasteiger charge is 1.95. The molecule has 0 saturated heterocycles. The fourth-order valence-electron chi connectivity index (χ4n) is 0.433. The van der Waals surface area contributed by atoms with Crippen LogP contribution in [0.4, 0.5) is 0 Å². The van der Waals surface area contributed by atoms with E-state index in [9.17, 15) is 0 Å². The summed E-state index contributed by atoms with van der Waals surface area (Å²) in [6.07, 6.45) is 0. The van der Waals surface area contributed by atoms with Gasteiger partial charge in [0.25, 0.3) is 0 Å². The Kier molecular flexibility index (Phi) is 2.13. The molecule has 1 rings (SSSR count). The Balaban J connectivity index is 3.17. The predicted octanol–water partition coefficient (Wildman–Crippen LogP) is 2.72. The Morgan fingerprint density at radius 2 is 2.11 bits per heavy atom. The Morgan fingerprint density at radius 1 is 1.44 bits per heavy atom. The smallest absolute Gasteiger partial charge is 0.130 e. The third-order valence-electron chi connectivity index (χ3n) is 0.845. The van der Waals surface area contributed by atoms with E-state index in [0.717, 1.165) is 4.47 Å². The van der Waals surface area contributed by atoms with Crippen molar-refractivity contribution in [2.75, 3.05) is 0 Å². The molecular weight excluding hydrogens is 248 g/mol. The summed E-state index contributed by atoms with van der Waals surface area (Å²) in [7, 11) is 0. The first-order chi connectivity index (χ1) is 4.20. The number of hydrogen-bond acceptors (Lipinski definition) is 1. The molecule has 1 aromatic carbocycles. The maximum atomic E-state index is 8.94. The normalized spacial score (nSPS) is 9.56. The maximum Gasteiger partial charge on any atom is 0.130 e. The van der Waals surface area contributed by atoms with Crippen molar-refractivity contribution in [3.05, 3.63) is 27.1 Å². The summed E-state index contributed by atoms with van der Waals surface area (Å²) in [6, 6.07) is 6.00. The maximum absolute atomic E-state index is 8.94. The summed E-state index contributed by atoms with van der Waals surface area (Å²) in [5.74, 6) is 0.207. The molecule has 0 spiro atoms. The molecule has 0 heterocycles. The van der Waals surface area contributed by atoms with Gasteiger partial charge in [0.2, 0.25) is 0 Å². The fraction of sp³-hybridized carbons (Fsp3) is 0. The van der Waals surface area contributed by atoms with Gasteiger partial charge >= 0.3 is 0 Å². The van der Waals surface area contributed by atoms with Crippen LogP contribution in [0.15, 0.2) is 21.1 Å². The van der Waals surface area contributed by atoms with Gasteiger partial charge in [-0.1, -0.05) is 15.9 Å². The molecule has 47 valence electrons. The molecule has 0 aliphatic carbocycles. The lowest BCUT2D eigenvalue weighted by Crippen LogP contribution is -1.68. The first-order valence-electron chi connectivity index (χ1n) is 2.26. The van der Waals surface area contributed by atoms with Crippen LogP contribution in [0.3, 0.4) is 0 Å². The second-order valence-corrected chi connectivity index (χ2v) is 3.22. The molecule has 9 heavy (non-hydrogen) atoms. The van der Waals surface area contributed by atoms with Crippen molar-refractivity contribution >= 4 is 31.9 Å². The highest BCUT2D eigenvalue weighted by Crippen LogP contribution is 2.25. The van der Waals surface area contributed by atoms with Crippen molar-refractivity contribution in [3.8, 4) is 5.75 Å². The van der Waals surface area contributed by atoms with Crippen LogP contribution in [-0.4, -0.2) is 5.11 Å².